The van der Waals surface area contributed by atoms with Crippen LogP contribution in [-0.4, -0.2) is 51.2 Å². The molecule has 1 aliphatic rings. The Morgan fingerprint density at radius 3 is 2.88 bits per heavy atom. The molecule has 1 atom stereocenters. The molecule has 1 aromatic rings. The minimum atomic E-state index is -3.25. The van der Waals surface area contributed by atoms with Gasteiger partial charge >= 0.3 is 0 Å². The maximum absolute atomic E-state index is 12.3. The van der Waals surface area contributed by atoms with Gasteiger partial charge in [-0.25, -0.2) is 13.1 Å². The number of hydrogen-bond donors (Lipinski definition) is 1. The number of nitrogens with one attached hydrogen (secondary N) is 1. The fraction of sp³-hybridized carbons (Fsp3) is 0.588. The Morgan fingerprint density at radius 1 is 1.44 bits per heavy atom. The molecule has 0 bridgehead atoms. The first-order chi connectivity index (χ1) is 11.7. The van der Waals surface area contributed by atoms with Crippen LogP contribution >= 0.6 is 11.6 Å². The molecule has 0 radical (unpaired) electrons. The SMILES string of the molecule is Cc1cc(OCCCC(=O)N2CCCC(NS(C)(=O)=O)C2)ccc1Cl. The van der Waals surface area contributed by atoms with Crippen molar-refractivity contribution in [3.05, 3.63) is 28.8 Å². The Hall–Kier alpha value is -1.31. The second-order valence-corrected chi connectivity index (χ2v) is 8.62. The van der Waals surface area contributed by atoms with Crippen LogP contribution < -0.4 is 9.46 Å². The standard InChI is InChI=1S/C17H25ClN2O4S/c1-13-11-15(7-8-16(13)18)24-10-4-6-17(21)20-9-3-5-14(12-20)19-25(2,22)23/h7-8,11,14,19H,3-6,9-10,12H2,1-2H3. The first-order valence-electron chi connectivity index (χ1n) is 8.38. The minimum absolute atomic E-state index is 0.0379. The zero-order valence-corrected chi connectivity index (χ0v) is 16.2. The van der Waals surface area contributed by atoms with E-state index in [4.69, 9.17) is 16.3 Å². The van der Waals surface area contributed by atoms with Crippen molar-refractivity contribution >= 4 is 27.5 Å². The third-order valence-electron chi connectivity index (χ3n) is 4.09. The first-order valence-corrected chi connectivity index (χ1v) is 10.7. The Balaban J connectivity index is 1.73. The fourth-order valence-corrected chi connectivity index (χ4v) is 3.80. The number of nitrogens with zero attached hydrogens (tertiary/aromatic N) is 1. The van der Waals surface area contributed by atoms with Gasteiger partial charge in [0.05, 0.1) is 12.9 Å². The molecule has 1 saturated heterocycles. The van der Waals surface area contributed by atoms with E-state index in [0.717, 1.165) is 30.4 Å². The van der Waals surface area contributed by atoms with Crippen LogP contribution in [0.15, 0.2) is 18.2 Å². The molecule has 6 nitrogen and oxygen atoms in total. The summed E-state index contributed by atoms with van der Waals surface area (Å²) in [7, 11) is -3.25. The lowest BCUT2D eigenvalue weighted by Crippen LogP contribution is -2.49. The van der Waals surface area contributed by atoms with Crippen LogP contribution in [0.5, 0.6) is 5.75 Å². The highest BCUT2D eigenvalue weighted by Crippen LogP contribution is 2.21. The minimum Gasteiger partial charge on any atom is -0.494 e. The van der Waals surface area contributed by atoms with Gasteiger partial charge in [0.25, 0.3) is 0 Å². The molecule has 1 fully saturated rings. The van der Waals surface area contributed by atoms with Crippen LogP contribution in [0.25, 0.3) is 0 Å². The number of piperidine rings is 1. The molecule has 0 saturated carbocycles. The van der Waals surface area contributed by atoms with Crippen molar-refractivity contribution < 1.29 is 17.9 Å². The van der Waals surface area contributed by atoms with Crippen LogP contribution in [0.4, 0.5) is 0 Å². The summed E-state index contributed by atoms with van der Waals surface area (Å²) in [5, 5.41) is 0.699. The van der Waals surface area contributed by atoms with Gasteiger partial charge < -0.3 is 9.64 Å². The Bertz CT molecular complexity index is 709. The molecule has 2 rings (SSSR count). The lowest BCUT2D eigenvalue weighted by Gasteiger charge is -2.32. The van der Waals surface area contributed by atoms with E-state index in [-0.39, 0.29) is 11.9 Å². The van der Waals surface area contributed by atoms with Crippen LogP contribution in [0.2, 0.25) is 5.02 Å². The third kappa shape index (κ3) is 6.84. The van der Waals surface area contributed by atoms with Gasteiger partial charge in [-0.3, -0.25) is 4.79 Å². The van der Waals surface area contributed by atoms with Crippen molar-refractivity contribution in [2.24, 2.45) is 0 Å². The Kier molecular flexibility index (Phi) is 7.10. The molecule has 8 heteroatoms. The monoisotopic (exact) mass is 388 g/mol. The molecular weight excluding hydrogens is 364 g/mol. The quantitative estimate of drug-likeness (QED) is 0.727. The van der Waals surface area contributed by atoms with E-state index >= 15 is 0 Å². The van der Waals surface area contributed by atoms with Gasteiger partial charge in [-0.15, -0.1) is 0 Å². The molecule has 1 amide bonds. The van der Waals surface area contributed by atoms with Crippen molar-refractivity contribution in [2.45, 2.75) is 38.6 Å². The van der Waals surface area contributed by atoms with Gasteiger partial charge in [0.15, 0.2) is 0 Å². The summed E-state index contributed by atoms with van der Waals surface area (Å²) < 4.78 is 30.9. The lowest BCUT2D eigenvalue weighted by atomic mass is 10.1. The summed E-state index contributed by atoms with van der Waals surface area (Å²) in [5.74, 6) is 0.778. The third-order valence-corrected chi connectivity index (χ3v) is 5.27. The summed E-state index contributed by atoms with van der Waals surface area (Å²) >= 11 is 5.97. The number of rotatable bonds is 7. The zero-order valence-electron chi connectivity index (χ0n) is 14.6. The second-order valence-electron chi connectivity index (χ2n) is 6.43. The highest BCUT2D eigenvalue weighted by Gasteiger charge is 2.25. The van der Waals surface area contributed by atoms with Crippen molar-refractivity contribution in [1.82, 2.24) is 9.62 Å². The molecule has 1 aromatic carbocycles. The lowest BCUT2D eigenvalue weighted by molar-refractivity contribution is -0.132. The maximum atomic E-state index is 12.3. The Morgan fingerprint density at radius 2 is 2.20 bits per heavy atom. The van der Waals surface area contributed by atoms with E-state index in [9.17, 15) is 13.2 Å². The molecule has 0 spiro atoms. The van der Waals surface area contributed by atoms with Gasteiger partial charge in [0.2, 0.25) is 15.9 Å². The topological polar surface area (TPSA) is 75.7 Å². The van der Waals surface area contributed by atoms with Crippen LogP contribution in [0.3, 0.4) is 0 Å². The number of amides is 1. The number of benzene rings is 1. The number of carbonyl (C=O) groups is 1. The largest absolute Gasteiger partial charge is 0.494 e. The summed E-state index contributed by atoms with van der Waals surface area (Å²) in [5.41, 5.74) is 0.952. The molecule has 1 aliphatic heterocycles. The van der Waals surface area contributed by atoms with E-state index in [2.05, 4.69) is 4.72 Å². The average Bonchev–Trinajstić information content (AvgIpc) is 2.53. The molecule has 1 unspecified atom stereocenters. The summed E-state index contributed by atoms with van der Waals surface area (Å²) in [6.45, 7) is 3.48. The van der Waals surface area contributed by atoms with E-state index in [1.807, 2.05) is 19.1 Å². The van der Waals surface area contributed by atoms with Crippen molar-refractivity contribution in [3.8, 4) is 5.75 Å². The van der Waals surface area contributed by atoms with Crippen molar-refractivity contribution in [1.29, 1.82) is 0 Å². The Labute approximate surface area is 154 Å². The summed E-state index contributed by atoms with van der Waals surface area (Å²) in [4.78, 5) is 14.0. The van der Waals surface area contributed by atoms with Crippen molar-refractivity contribution in [2.75, 3.05) is 26.0 Å². The number of aryl methyl sites for hydroxylation is 1. The van der Waals surface area contributed by atoms with E-state index in [1.165, 1.54) is 0 Å². The van der Waals surface area contributed by atoms with E-state index in [1.54, 1.807) is 11.0 Å². The molecule has 25 heavy (non-hydrogen) atoms. The zero-order chi connectivity index (χ0) is 18.4. The number of ether oxygens (including phenoxy) is 1. The van der Waals surface area contributed by atoms with Gasteiger partial charge in [-0.05, 0) is 49.9 Å². The van der Waals surface area contributed by atoms with Gasteiger partial charge in [0, 0.05) is 30.6 Å². The van der Waals surface area contributed by atoms with E-state index in [0.29, 0.717) is 37.6 Å². The fourth-order valence-electron chi connectivity index (χ4n) is 2.88. The highest BCUT2D eigenvalue weighted by molar-refractivity contribution is 7.88. The number of likely N-dealkylation sites (tertiary alicyclic amines) is 1. The number of halogens is 1. The van der Waals surface area contributed by atoms with Crippen LogP contribution in [0, 0.1) is 6.92 Å². The van der Waals surface area contributed by atoms with Crippen LogP contribution in [-0.2, 0) is 14.8 Å². The summed E-state index contributed by atoms with van der Waals surface area (Å²) in [6, 6.07) is 5.28. The normalized spacial score (nSPS) is 18.2. The predicted octanol–water partition coefficient (Wildman–Crippen LogP) is 2.35. The molecule has 1 heterocycles. The van der Waals surface area contributed by atoms with Gasteiger partial charge in [0.1, 0.15) is 5.75 Å². The smallest absolute Gasteiger partial charge is 0.222 e. The molecular formula is C17H25ClN2O4S. The first kappa shape index (κ1) is 20.0. The molecule has 140 valence electrons. The summed E-state index contributed by atoms with van der Waals surface area (Å²) in [6.07, 6.45) is 3.71. The number of sulfonamides is 1. The number of carbonyl (C=O) groups excluding carboxylic acids is 1. The van der Waals surface area contributed by atoms with Gasteiger partial charge in [-0.2, -0.15) is 0 Å². The van der Waals surface area contributed by atoms with Crippen molar-refractivity contribution in [3.63, 3.8) is 0 Å². The van der Waals surface area contributed by atoms with E-state index < -0.39 is 10.0 Å². The van der Waals surface area contributed by atoms with Crippen LogP contribution in [0.1, 0.15) is 31.2 Å². The predicted molar refractivity (Wildman–Crippen MR) is 98.5 cm³/mol. The second kappa shape index (κ2) is 8.87. The van der Waals surface area contributed by atoms with Gasteiger partial charge in [-0.1, -0.05) is 11.6 Å². The molecule has 0 aliphatic carbocycles. The molecule has 1 N–H and O–H groups in total. The highest BCUT2D eigenvalue weighted by atomic mass is 35.5. The average molecular weight is 389 g/mol. The number of hydrogen-bond acceptors (Lipinski definition) is 4. The maximum Gasteiger partial charge on any atom is 0.222 e. The molecule has 0 aromatic heterocycles.